The summed E-state index contributed by atoms with van der Waals surface area (Å²) in [5.74, 6) is 1.05. The number of tetrazole rings is 1. The van der Waals surface area contributed by atoms with Crippen molar-refractivity contribution in [2.24, 2.45) is 0 Å². The van der Waals surface area contributed by atoms with Crippen molar-refractivity contribution in [1.82, 2.24) is 30.4 Å². The average Bonchev–Trinajstić information content (AvgIpc) is 3.44. The lowest BCUT2D eigenvalue weighted by atomic mass is 9.87. The molecule has 4 rings (SSSR count). The number of nitrogens with one attached hydrogen (secondary N) is 1. The predicted octanol–water partition coefficient (Wildman–Crippen LogP) is 3.46. The molecule has 29 heavy (non-hydrogen) atoms. The van der Waals surface area contributed by atoms with Gasteiger partial charge in [-0.3, -0.25) is 10.1 Å². The Labute approximate surface area is 176 Å². The van der Waals surface area contributed by atoms with Crippen LogP contribution in [-0.2, 0) is 16.9 Å². The van der Waals surface area contributed by atoms with Crippen LogP contribution < -0.4 is 5.32 Å². The number of nitrogens with zero attached hydrogens (tertiary/aromatic N) is 5. The summed E-state index contributed by atoms with van der Waals surface area (Å²) in [5, 5.41) is 17.4. The summed E-state index contributed by atoms with van der Waals surface area (Å²) in [7, 11) is 0. The van der Waals surface area contributed by atoms with Crippen LogP contribution in [0.3, 0.4) is 0 Å². The molecule has 2 aromatic rings. The van der Waals surface area contributed by atoms with Gasteiger partial charge in [-0.05, 0) is 53.8 Å². The van der Waals surface area contributed by atoms with Gasteiger partial charge in [-0.25, -0.2) is 4.68 Å². The SMILES string of the molecule is CCC(=O)N1CCC[C@@](NCc2ccc(Cl)cc2)(c2nnnn2C2CCCC2)C1. The minimum Gasteiger partial charge on any atom is -0.340 e. The number of aromatic nitrogens is 4. The molecule has 7 nitrogen and oxygen atoms in total. The summed E-state index contributed by atoms with van der Waals surface area (Å²) in [5.41, 5.74) is 0.696. The molecular weight excluding hydrogens is 388 g/mol. The molecule has 1 aromatic carbocycles. The summed E-state index contributed by atoms with van der Waals surface area (Å²) in [6.45, 7) is 3.98. The van der Waals surface area contributed by atoms with Gasteiger partial charge in [0.15, 0.2) is 5.82 Å². The van der Waals surface area contributed by atoms with Crippen LogP contribution >= 0.6 is 11.6 Å². The second-order valence-corrected chi connectivity index (χ2v) is 8.66. The molecule has 0 unspecified atom stereocenters. The molecule has 2 aliphatic rings. The Morgan fingerprint density at radius 1 is 1.24 bits per heavy atom. The number of halogens is 1. The summed E-state index contributed by atoms with van der Waals surface area (Å²) in [6.07, 6.45) is 7.01. The third-order valence-electron chi connectivity index (χ3n) is 6.28. The maximum Gasteiger partial charge on any atom is 0.222 e. The van der Waals surface area contributed by atoms with E-state index in [0.29, 0.717) is 25.6 Å². The number of hydrogen-bond donors (Lipinski definition) is 1. The van der Waals surface area contributed by atoms with E-state index in [-0.39, 0.29) is 5.91 Å². The number of rotatable bonds is 6. The van der Waals surface area contributed by atoms with Gasteiger partial charge in [-0.15, -0.1) is 5.10 Å². The van der Waals surface area contributed by atoms with Gasteiger partial charge in [0.05, 0.1) is 11.6 Å². The van der Waals surface area contributed by atoms with Gasteiger partial charge in [-0.2, -0.15) is 0 Å². The molecular formula is C21H29ClN6O. The normalized spacial score (nSPS) is 22.9. The maximum absolute atomic E-state index is 12.5. The largest absolute Gasteiger partial charge is 0.340 e. The molecule has 1 amide bonds. The van der Waals surface area contributed by atoms with E-state index in [2.05, 4.69) is 20.8 Å². The molecule has 0 radical (unpaired) electrons. The first-order valence-corrected chi connectivity index (χ1v) is 11.0. The van der Waals surface area contributed by atoms with Crippen LogP contribution in [0.1, 0.15) is 69.3 Å². The zero-order valence-corrected chi connectivity index (χ0v) is 17.7. The van der Waals surface area contributed by atoms with E-state index in [9.17, 15) is 4.79 Å². The number of benzene rings is 1. The van der Waals surface area contributed by atoms with Gasteiger partial charge in [0.1, 0.15) is 0 Å². The first-order valence-electron chi connectivity index (χ1n) is 10.7. The third-order valence-corrected chi connectivity index (χ3v) is 6.54. The fraction of sp³-hybridized carbons (Fsp3) is 0.619. The molecule has 2 heterocycles. The predicted molar refractivity (Wildman–Crippen MR) is 111 cm³/mol. The number of piperidine rings is 1. The maximum atomic E-state index is 12.5. The minimum absolute atomic E-state index is 0.183. The van der Waals surface area contributed by atoms with Crippen LogP contribution in [0.2, 0.25) is 5.02 Å². The standard InChI is InChI=1S/C21H29ClN6O/c1-2-19(29)27-13-5-12-21(15-27,23-14-16-8-10-17(22)11-9-16)20-24-25-26-28(20)18-6-3-4-7-18/h8-11,18,23H,2-7,12-15H2,1H3/t21-/m0/s1. The van der Waals surface area contributed by atoms with E-state index in [1.165, 1.54) is 12.8 Å². The van der Waals surface area contributed by atoms with E-state index in [1.807, 2.05) is 40.8 Å². The van der Waals surface area contributed by atoms with Crippen LogP contribution in [0.5, 0.6) is 0 Å². The lowest BCUT2D eigenvalue weighted by Crippen LogP contribution is -2.57. The van der Waals surface area contributed by atoms with Crippen molar-refractivity contribution < 1.29 is 4.79 Å². The van der Waals surface area contributed by atoms with Crippen molar-refractivity contribution in [2.75, 3.05) is 13.1 Å². The van der Waals surface area contributed by atoms with Crippen LogP contribution in [0, 0.1) is 0 Å². The zero-order chi connectivity index (χ0) is 20.3. The van der Waals surface area contributed by atoms with Gasteiger partial charge in [0, 0.05) is 31.1 Å². The molecule has 0 bridgehead atoms. The molecule has 1 saturated heterocycles. The Morgan fingerprint density at radius 2 is 2.00 bits per heavy atom. The highest BCUT2D eigenvalue weighted by molar-refractivity contribution is 6.30. The first kappa shape index (κ1) is 20.3. The quantitative estimate of drug-likeness (QED) is 0.780. The Balaban J connectivity index is 1.64. The molecule has 1 saturated carbocycles. The molecule has 1 aromatic heterocycles. The zero-order valence-electron chi connectivity index (χ0n) is 17.0. The second kappa shape index (κ2) is 8.79. The van der Waals surface area contributed by atoms with Crippen LogP contribution in [0.25, 0.3) is 0 Å². The van der Waals surface area contributed by atoms with Crippen molar-refractivity contribution in [2.45, 2.75) is 70.0 Å². The molecule has 1 aliphatic heterocycles. The Bertz CT molecular complexity index is 832. The highest BCUT2D eigenvalue weighted by atomic mass is 35.5. The van der Waals surface area contributed by atoms with Gasteiger partial charge in [-0.1, -0.05) is 43.5 Å². The van der Waals surface area contributed by atoms with Gasteiger partial charge < -0.3 is 4.90 Å². The fourth-order valence-electron chi connectivity index (χ4n) is 4.67. The van der Waals surface area contributed by atoms with Crippen molar-refractivity contribution in [3.05, 3.63) is 40.7 Å². The molecule has 2 fully saturated rings. The molecule has 1 atom stereocenters. The Morgan fingerprint density at radius 3 is 2.72 bits per heavy atom. The smallest absolute Gasteiger partial charge is 0.222 e. The molecule has 1 aliphatic carbocycles. The van der Waals surface area contributed by atoms with Crippen LogP contribution in [0.4, 0.5) is 0 Å². The summed E-state index contributed by atoms with van der Waals surface area (Å²) >= 11 is 6.04. The number of hydrogen-bond acceptors (Lipinski definition) is 5. The lowest BCUT2D eigenvalue weighted by molar-refractivity contribution is -0.133. The van der Waals surface area contributed by atoms with Gasteiger partial charge >= 0.3 is 0 Å². The molecule has 1 N–H and O–H groups in total. The molecule has 8 heteroatoms. The van der Waals surface area contributed by atoms with Crippen LogP contribution in [0.15, 0.2) is 24.3 Å². The van der Waals surface area contributed by atoms with Crippen molar-refractivity contribution in [1.29, 1.82) is 0 Å². The van der Waals surface area contributed by atoms with E-state index in [4.69, 9.17) is 11.6 Å². The van der Waals surface area contributed by atoms with Gasteiger partial charge in [0.2, 0.25) is 5.91 Å². The summed E-state index contributed by atoms with van der Waals surface area (Å²) in [4.78, 5) is 14.5. The third kappa shape index (κ3) is 4.31. The van der Waals surface area contributed by atoms with Crippen molar-refractivity contribution in [3.8, 4) is 0 Å². The molecule has 156 valence electrons. The van der Waals surface area contributed by atoms with Gasteiger partial charge in [0.25, 0.3) is 0 Å². The van der Waals surface area contributed by atoms with Crippen LogP contribution in [-0.4, -0.2) is 44.1 Å². The van der Waals surface area contributed by atoms with Crippen molar-refractivity contribution >= 4 is 17.5 Å². The van der Waals surface area contributed by atoms with E-state index < -0.39 is 5.54 Å². The number of carbonyl (C=O) groups is 1. The van der Waals surface area contributed by atoms with E-state index in [0.717, 1.165) is 48.6 Å². The highest BCUT2D eigenvalue weighted by Gasteiger charge is 2.43. The van der Waals surface area contributed by atoms with Crippen molar-refractivity contribution in [3.63, 3.8) is 0 Å². The number of carbonyl (C=O) groups excluding carboxylic acids is 1. The summed E-state index contributed by atoms with van der Waals surface area (Å²) < 4.78 is 2.03. The number of likely N-dealkylation sites (tertiary alicyclic amines) is 1. The average molecular weight is 417 g/mol. The highest BCUT2D eigenvalue weighted by Crippen LogP contribution is 2.36. The fourth-order valence-corrected chi connectivity index (χ4v) is 4.80. The monoisotopic (exact) mass is 416 g/mol. The summed E-state index contributed by atoms with van der Waals surface area (Å²) in [6, 6.07) is 8.22. The van der Waals surface area contributed by atoms with E-state index in [1.54, 1.807) is 0 Å². The van der Waals surface area contributed by atoms with E-state index >= 15 is 0 Å². The lowest BCUT2D eigenvalue weighted by Gasteiger charge is -2.43. The minimum atomic E-state index is -0.450. The molecule has 0 spiro atoms. The topological polar surface area (TPSA) is 75.9 Å². The Kier molecular flexibility index (Phi) is 6.15. The Hall–Kier alpha value is -1.99. The first-order chi connectivity index (χ1) is 14.1. The second-order valence-electron chi connectivity index (χ2n) is 8.22. The number of amides is 1.